The second-order valence-electron chi connectivity index (χ2n) is 7.05. The Balaban J connectivity index is 1.40. The maximum absolute atomic E-state index is 13.4. The largest absolute Gasteiger partial charge is 0.350 e. The van der Waals surface area contributed by atoms with Gasteiger partial charge < -0.3 is 10.2 Å². The molecule has 0 unspecified atom stereocenters. The number of rotatable bonds is 4. The molecule has 2 amide bonds. The van der Waals surface area contributed by atoms with Crippen molar-refractivity contribution < 1.29 is 18.4 Å². The first-order valence-electron chi connectivity index (χ1n) is 9.09. The number of hydrogen-bond acceptors (Lipinski definition) is 3. The highest BCUT2D eigenvalue weighted by Crippen LogP contribution is 2.26. The maximum Gasteiger partial charge on any atom is 0.254 e. The number of amides is 2. The van der Waals surface area contributed by atoms with Crippen LogP contribution in [0.3, 0.4) is 0 Å². The maximum atomic E-state index is 13.4. The molecule has 2 heterocycles. The molecular weight excluding hydrogens is 354 g/mol. The zero-order valence-corrected chi connectivity index (χ0v) is 14.8. The summed E-state index contributed by atoms with van der Waals surface area (Å²) >= 11 is 0. The average molecular weight is 374 g/mol. The Labute approximate surface area is 155 Å². The van der Waals surface area contributed by atoms with Crippen LogP contribution in [0.1, 0.15) is 41.0 Å². The minimum absolute atomic E-state index is 0.0716. The van der Waals surface area contributed by atoms with E-state index in [4.69, 9.17) is 0 Å². The van der Waals surface area contributed by atoms with Crippen LogP contribution >= 0.6 is 0 Å². The van der Waals surface area contributed by atoms with E-state index in [1.165, 1.54) is 6.07 Å². The normalized spacial score (nSPS) is 16.6. The third-order valence-electron chi connectivity index (χ3n) is 5.22. The number of fused-ring (bicyclic) bond motifs is 1. The summed E-state index contributed by atoms with van der Waals surface area (Å²) in [4.78, 5) is 26.1. The van der Waals surface area contributed by atoms with Gasteiger partial charge in [-0.25, -0.2) is 8.78 Å². The monoisotopic (exact) mass is 374 g/mol. The van der Waals surface area contributed by atoms with Crippen LogP contribution in [0.4, 0.5) is 8.78 Å². The number of carbonyl (C=O) groups is 2. The molecule has 2 aliphatic rings. The quantitative estimate of drug-likeness (QED) is 0.893. The summed E-state index contributed by atoms with van der Waals surface area (Å²) < 4.78 is 28.3. The Morgan fingerprint density at radius 1 is 1.15 bits per heavy atom. The van der Waals surface area contributed by atoms with Crippen LogP contribution in [0.5, 0.6) is 0 Å². The minimum atomic E-state index is -1.03. The number of hydrogen-bond donors (Lipinski definition) is 1. The summed E-state index contributed by atoms with van der Waals surface area (Å²) in [6.45, 7) is 1.65. The van der Waals surface area contributed by atoms with Gasteiger partial charge in [0.15, 0.2) is 11.6 Å². The Morgan fingerprint density at radius 2 is 1.96 bits per heavy atom. The van der Waals surface area contributed by atoms with Gasteiger partial charge >= 0.3 is 0 Å². The molecule has 27 heavy (non-hydrogen) atoms. The van der Waals surface area contributed by atoms with Crippen LogP contribution in [0.25, 0.3) is 0 Å². The zero-order chi connectivity index (χ0) is 19.0. The average Bonchev–Trinajstić information content (AvgIpc) is 3.02. The van der Waals surface area contributed by atoms with Crippen molar-refractivity contribution in [2.24, 2.45) is 5.92 Å². The molecule has 0 saturated heterocycles. The lowest BCUT2D eigenvalue weighted by Gasteiger charge is -2.27. The molecule has 0 atom stereocenters. The van der Waals surface area contributed by atoms with E-state index in [1.807, 2.05) is 10.7 Å². The number of halogens is 2. The van der Waals surface area contributed by atoms with E-state index >= 15 is 0 Å². The molecule has 0 bridgehead atoms. The summed E-state index contributed by atoms with van der Waals surface area (Å²) in [5, 5.41) is 7.38. The molecule has 6 nitrogen and oxygen atoms in total. The van der Waals surface area contributed by atoms with Crippen molar-refractivity contribution in [1.29, 1.82) is 0 Å². The van der Waals surface area contributed by atoms with Gasteiger partial charge in [-0.3, -0.25) is 14.3 Å². The van der Waals surface area contributed by atoms with Crippen molar-refractivity contribution in [3.05, 3.63) is 52.9 Å². The summed E-state index contributed by atoms with van der Waals surface area (Å²) in [6.07, 6.45) is 3.01. The highest BCUT2D eigenvalue weighted by molar-refractivity contribution is 5.94. The Kier molecular flexibility index (Phi) is 4.63. The van der Waals surface area contributed by atoms with E-state index < -0.39 is 11.6 Å². The van der Waals surface area contributed by atoms with Gasteiger partial charge in [0.25, 0.3) is 5.91 Å². The molecule has 1 aliphatic carbocycles. The first-order valence-corrected chi connectivity index (χ1v) is 9.09. The molecule has 1 aliphatic heterocycles. The van der Waals surface area contributed by atoms with E-state index in [2.05, 4.69) is 10.4 Å². The van der Waals surface area contributed by atoms with E-state index in [1.54, 1.807) is 4.90 Å². The number of benzene rings is 1. The molecule has 4 rings (SSSR count). The highest BCUT2D eigenvalue weighted by atomic mass is 19.2. The van der Waals surface area contributed by atoms with Gasteiger partial charge in [-0.05, 0) is 37.1 Å². The van der Waals surface area contributed by atoms with Crippen molar-refractivity contribution in [1.82, 2.24) is 20.0 Å². The number of nitrogens with one attached hydrogen (secondary N) is 1. The second-order valence-corrected chi connectivity index (χ2v) is 7.05. The predicted octanol–water partition coefficient (Wildman–Crippen LogP) is 2.23. The van der Waals surface area contributed by atoms with Gasteiger partial charge in [0, 0.05) is 18.0 Å². The van der Waals surface area contributed by atoms with E-state index in [-0.39, 0.29) is 23.3 Å². The van der Waals surface area contributed by atoms with Crippen LogP contribution in [0, 0.1) is 17.6 Å². The van der Waals surface area contributed by atoms with Gasteiger partial charge in [0.2, 0.25) is 5.91 Å². The molecule has 1 aromatic carbocycles. The summed E-state index contributed by atoms with van der Waals surface area (Å²) in [6, 6.07) is 5.03. The van der Waals surface area contributed by atoms with Crippen molar-refractivity contribution >= 4 is 11.8 Å². The lowest BCUT2D eigenvalue weighted by Crippen LogP contribution is -2.38. The Bertz CT molecular complexity index is 892. The first-order chi connectivity index (χ1) is 13.0. The van der Waals surface area contributed by atoms with Crippen molar-refractivity contribution in [3.63, 3.8) is 0 Å². The van der Waals surface area contributed by atoms with E-state index in [0.29, 0.717) is 26.2 Å². The van der Waals surface area contributed by atoms with Crippen molar-refractivity contribution in [3.8, 4) is 0 Å². The highest BCUT2D eigenvalue weighted by Gasteiger charge is 2.26. The lowest BCUT2D eigenvalue weighted by molar-refractivity contribution is -0.127. The topological polar surface area (TPSA) is 67.2 Å². The third-order valence-corrected chi connectivity index (χ3v) is 5.22. The van der Waals surface area contributed by atoms with Gasteiger partial charge in [0.05, 0.1) is 31.0 Å². The fourth-order valence-electron chi connectivity index (χ4n) is 3.39. The zero-order valence-electron chi connectivity index (χ0n) is 14.8. The van der Waals surface area contributed by atoms with Crippen LogP contribution in [-0.4, -0.2) is 33.0 Å². The summed E-state index contributed by atoms with van der Waals surface area (Å²) in [7, 11) is 0. The second kappa shape index (κ2) is 7.09. The molecule has 1 aromatic heterocycles. The van der Waals surface area contributed by atoms with Gasteiger partial charge in [0.1, 0.15) is 0 Å². The molecule has 8 heteroatoms. The van der Waals surface area contributed by atoms with Crippen LogP contribution in [0.2, 0.25) is 0 Å². The Morgan fingerprint density at radius 3 is 2.67 bits per heavy atom. The minimum Gasteiger partial charge on any atom is -0.350 e. The van der Waals surface area contributed by atoms with Crippen LogP contribution in [-0.2, 0) is 24.4 Å². The van der Waals surface area contributed by atoms with Crippen molar-refractivity contribution in [2.45, 2.75) is 38.9 Å². The summed E-state index contributed by atoms with van der Waals surface area (Å²) in [5.74, 6) is -2.15. The standard InChI is InChI=1S/C19H20F2N4O2/c20-16-5-4-13(8-17(16)21)19(27)24-6-7-25-15(11-24)9-14(23-25)10-22-18(26)12-2-1-3-12/h4-5,8-9,12H,1-3,6-7,10-11H2,(H,22,26). The molecule has 1 saturated carbocycles. The molecular formula is C19H20F2N4O2. The molecule has 0 radical (unpaired) electrons. The van der Waals surface area contributed by atoms with Gasteiger partial charge in [-0.2, -0.15) is 5.10 Å². The Hall–Kier alpha value is -2.77. The third kappa shape index (κ3) is 3.56. The lowest BCUT2D eigenvalue weighted by atomic mass is 9.85. The van der Waals surface area contributed by atoms with Crippen LogP contribution < -0.4 is 5.32 Å². The van der Waals surface area contributed by atoms with Gasteiger partial charge in [-0.15, -0.1) is 0 Å². The molecule has 0 spiro atoms. The molecule has 142 valence electrons. The molecule has 1 fully saturated rings. The SMILES string of the molecule is O=C(NCc1cc2n(n1)CCN(C(=O)c1ccc(F)c(F)c1)C2)C1CCC1. The smallest absolute Gasteiger partial charge is 0.254 e. The molecule has 2 aromatic rings. The van der Waals surface area contributed by atoms with Crippen molar-refractivity contribution in [2.75, 3.05) is 6.54 Å². The number of aromatic nitrogens is 2. The van der Waals surface area contributed by atoms with Crippen LogP contribution in [0.15, 0.2) is 24.3 Å². The van der Waals surface area contributed by atoms with E-state index in [9.17, 15) is 18.4 Å². The number of carbonyl (C=O) groups excluding carboxylic acids is 2. The predicted molar refractivity (Wildman–Crippen MR) is 92.5 cm³/mol. The van der Waals surface area contributed by atoms with E-state index in [0.717, 1.165) is 42.8 Å². The first kappa shape index (κ1) is 17.6. The fourth-order valence-corrected chi connectivity index (χ4v) is 3.39. The molecule has 1 N–H and O–H groups in total. The van der Waals surface area contributed by atoms with Gasteiger partial charge in [-0.1, -0.05) is 6.42 Å². The fraction of sp³-hybridized carbons (Fsp3) is 0.421. The summed E-state index contributed by atoms with van der Waals surface area (Å²) in [5.41, 5.74) is 1.72. The number of nitrogens with zero attached hydrogens (tertiary/aromatic N) is 3.